The highest BCUT2D eigenvalue weighted by Gasteiger charge is 2.08. The number of hydrogen-bond acceptors (Lipinski definition) is 2. The highest BCUT2D eigenvalue weighted by Crippen LogP contribution is 2.31. The van der Waals surface area contributed by atoms with Gasteiger partial charge in [-0.2, -0.15) is 0 Å². The fourth-order valence-electron chi connectivity index (χ4n) is 1.67. The summed E-state index contributed by atoms with van der Waals surface area (Å²) in [6.07, 6.45) is 0.539. The molecule has 0 aliphatic heterocycles. The molecule has 2 N–H and O–H groups in total. The molecule has 0 saturated carbocycles. The Morgan fingerprint density at radius 3 is 2.47 bits per heavy atom. The molecule has 0 aromatic heterocycles. The maximum absolute atomic E-state index is 13.5. The summed E-state index contributed by atoms with van der Waals surface area (Å²) in [5, 5.41) is 0. The van der Waals surface area contributed by atoms with E-state index in [2.05, 4.69) is 0 Å². The highest BCUT2D eigenvalue weighted by atomic mass is 32.2. The SMILES string of the molecule is NCCc1cc(F)cc(Sc2cc(F)ccc2F)c1. The average Bonchev–Trinajstić information content (AvgIpc) is 2.33. The average molecular weight is 283 g/mol. The van der Waals surface area contributed by atoms with Gasteiger partial charge in [-0.3, -0.25) is 0 Å². The molecule has 2 rings (SSSR count). The molecule has 0 radical (unpaired) electrons. The predicted molar refractivity (Wildman–Crippen MR) is 69.6 cm³/mol. The van der Waals surface area contributed by atoms with E-state index in [0.717, 1.165) is 35.5 Å². The van der Waals surface area contributed by atoms with Crippen molar-refractivity contribution in [2.75, 3.05) is 6.54 Å². The van der Waals surface area contributed by atoms with Gasteiger partial charge >= 0.3 is 0 Å². The number of benzene rings is 2. The van der Waals surface area contributed by atoms with Crippen molar-refractivity contribution in [2.45, 2.75) is 16.2 Å². The maximum atomic E-state index is 13.5. The van der Waals surface area contributed by atoms with Crippen LogP contribution in [0.4, 0.5) is 13.2 Å². The summed E-state index contributed by atoms with van der Waals surface area (Å²) in [6, 6.07) is 7.59. The van der Waals surface area contributed by atoms with Crippen LogP contribution in [0.1, 0.15) is 5.56 Å². The number of halogens is 3. The van der Waals surface area contributed by atoms with Crippen molar-refractivity contribution in [1.29, 1.82) is 0 Å². The largest absolute Gasteiger partial charge is 0.330 e. The third-order valence-corrected chi connectivity index (χ3v) is 3.49. The van der Waals surface area contributed by atoms with Gasteiger partial charge in [0.1, 0.15) is 17.5 Å². The van der Waals surface area contributed by atoms with Crippen molar-refractivity contribution >= 4 is 11.8 Å². The second kappa shape index (κ2) is 6.12. The van der Waals surface area contributed by atoms with Crippen LogP contribution in [0.5, 0.6) is 0 Å². The quantitative estimate of drug-likeness (QED) is 0.924. The zero-order valence-electron chi connectivity index (χ0n) is 10.00. The Kier molecular flexibility index (Phi) is 4.50. The van der Waals surface area contributed by atoms with Crippen LogP contribution in [0.15, 0.2) is 46.2 Å². The zero-order chi connectivity index (χ0) is 13.8. The molecular formula is C14H12F3NS. The maximum Gasteiger partial charge on any atom is 0.137 e. The first-order valence-electron chi connectivity index (χ1n) is 5.71. The van der Waals surface area contributed by atoms with Gasteiger partial charge in [0.2, 0.25) is 0 Å². The topological polar surface area (TPSA) is 26.0 Å². The van der Waals surface area contributed by atoms with Gasteiger partial charge in [-0.1, -0.05) is 11.8 Å². The van der Waals surface area contributed by atoms with E-state index in [4.69, 9.17) is 5.73 Å². The molecule has 0 amide bonds. The van der Waals surface area contributed by atoms with Crippen LogP contribution in [-0.4, -0.2) is 6.54 Å². The van der Waals surface area contributed by atoms with Crippen LogP contribution in [0.2, 0.25) is 0 Å². The van der Waals surface area contributed by atoms with Crippen molar-refractivity contribution in [3.8, 4) is 0 Å². The van der Waals surface area contributed by atoms with Crippen molar-refractivity contribution in [3.05, 3.63) is 59.4 Å². The van der Waals surface area contributed by atoms with E-state index in [0.29, 0.717) is 17.9 Å². The second-order valence-electron chi connectivity index (χ2n) is 4.01. The second-order valence-corrected chi connectivity index (χ2v) is 5.13. The lowest BCUT2D eigenvalue weighted by atomic mass is 10.1. The van der Waals surface area contributed by atoms with Crippen LogP contribution < -0.4 is 5.73 Å². The molecule has 0 heterocycles. The molecule has 0 atom stereocenters. The Labute approximate surface area is 113 Å². The Bertz CT molecular complexity index is 587. The van der Waals surface area contributed by atoms with Gasteiger partial charge < -0.3 is 5.73 Å². The highest BCUT2D eigenvalue weighted by molar-refractivity contribution is 7.99. The molecule has 0 unspecified atom stereocenters. The van der Waals surface area contributed by atoms with E-state index < -0.39 is 17.5 Å². The molecular weight excluding hydrogens is 271 g/mol. The molecule has 0 aliphatic carbocycles. The first-order valence-corrected chi connectivity index (χ1v) is 6.52. The smallest absolute Gasteiger partial charge is 0.137 e. The summed E-state index contributed by atoms with van der Waals surface area (Å²) < 4.78 is 40.0. The molecule has 5 heteroatoms. The molecule has 2 aromatic carbocycles. The molecule has 19 heavy (non-hydrogen) atoms. The molecule has 1 nitrogen and oxygen atoms in total. The summed E-state index contributed by atoms with van der Waals surface area (Å²) in [7, 11) is 0. The molecule has 100 valence electrons. The molecule has 0 bridgehead atoms. The van der Waals surface area contributed by atoms with Crippen molar-refractivity contribution in [3.63, 3.8) is 0 Å². The van der Waals surface area contributed by atoms with Gasteiger partial charge in [-0.15, -0.1) is 0 Å². The lowest BCUT2D eigenvalue weighted by Crippen LogP contribution is -2.03. The molecule has 0 aliphatic rings. The number of nitrogens with two attached hydrogens (primary N) is 1. The van der Waals surface area contributed by atoms with Gasteiger partial charge in [0.15, 0.2) is 0 Å². The molecule has 2 aromatic rings. The van der Waals surface area contributed by atoms with Gasteiger partial charge in [0.05, 0.1) is 4.90 Å². The minimum absolute atomic E-state index is 0.129. The van der Waals surface area contributed by atoms with E-state index in [1.165, 1.54) is 12.1 Å². The van der Waals surface area contributed by atoms with Crippen LogP contribution in [0.25, 0.3) is 0 Å². The zero-order valence-corrected chi connectivity index (χ0v) is 10.8. The standard InChI is InChI=1S/C14H12F3NS/c15-10-1-2-13(17)14(8-10)19-12-6-9(3-4-18)5-11(16)7-12/h1-2,5-8H,3-4,18H2. The van der Waals surface area contributed by atoms with Crippen molar-refractivity contribution < 1.29 is 13.2 Å². The first-order chi connectivity index (χ1) is 9.08. The molecule has 0 fully saturated rings. The summed E-state index contributed by atoms with van der Waals surface area (Å²) in [5.74, 6) is -1.47. The Morgan fingerprint density at radius 2 is 1.74 bits per heavy atom. The van der Waals surface area contributed by atoms with E-state index in [1.807, 2.05) is 0 Å². The number of rotatable bonds is 4. The Morgan fingerprint density at radius 1 is 0.947 bits per heavy atom. The third kappa shape index (κ3) is 3.75. The van der Waals surface area contributed by atoms with Gasteiger partial charge in [0.25, 0.3) is 0 Å². The Balaban J connectivity index is 2.29. The van der Waals surface area contributed by atoms with Crippen LogP contribution in [-0.2, 0) is 6.42 Å². The van der Waals surface area contributed by atoms with Crippen LogP contribution in [0.3, 0.4) is 0 Å². The molecule has 0 spiro atoms. The lowest BCUT2D eigenvalue weighted by molar-refractivity contribution is 0.577. The van der Waals surface area contributed by atoms with Crippen LogP contribution >= 0.6 is 11.8 Å². The van der Waals surface area contributed by atoms with Gasteiger partial charge in [-0.05, 0) is 54.9 Å². The predicted octanol–water partition coefficient (Wildman–Crippen LogP) is 3.76. The van der Waals surface area contributed by atoms with Gasteiger partial charge in [0, 0.05) is 4.90 Å². The normalized spacial score (nSPS) is 10.7. The van der Waals surface area contributed by atoms with E-state index in [1.54, 1.807) is 6.07 Å². The van der Waals surface area contributed by atoms with E-state index >= 15 is 0 Å². The summed E-state index contributed by atoms with van der Waals surface area (Å²) in [5.41, 5.74) is 6.16. The van der Waals surface area contributed by atoms with Gasteiger partial charge in [-0.25, -0.2) is 13.2 Å². The Hall–Kier alpha value is -1.46. The monoisotopic (exact) mass is 283 g/mol. The summed E-state index contributed by atoms with van der Waals surface area (Å²) in [4.78, 5) is 0.650. The first kappa shape index (κ1) is 14.0. The molecule has 0 saturated heterocycles. The summed E-state index contributed by atoms with van der Waals surface area (Å²) >= 11 is 0.987. The summed E-state index contributed by atoms with van der Waals surface area (Å²) in [6.45, 7) is 0.405. The fraction of sp³-hybridized carbons (Fsp3) is 0.143. The van der Waals surface area contributed by atoms with Crippen LogP contribution in [0, 0.1) is 17.5 Å². The van der Waals surface area contributed by atoms with E-state index in [-0.39, 0.29) is 4.90 Å². The van der Waals surface area contributed by atoms with E-state index in [9.17, 15) is 13.2 Å². The minimum atomic E-state index is -0.531. The minimum Gasteiger partial charge on any atom is -0.330 e. The third-order valence-electron chi connectivity index (χ3n) is 2.49. The van der Waals surface area contributed by atoms with Crippen molar-refractivity contribution in [1.82, 2.24) is 0 Å². The fourth-order valence-corrected chi connectivity index (χ4v) is 2.65. The van der Waals surface area contributed by atoms with Crippen molar-refractivity contribution in [2.24, 2.45) is 5.73 Å². The number of hydrogen-bond donors (Lipinski definition) is 1. The lowest BCUT2D eigenvalue weighted by Gasteiger charge is -2.06.